The molecule has 0 aliphatic heterocycles. The van der Waals surface area contributed by atoms with E-state index in [1.54, 1.807) is 25.3 Å². The summed E-state index contributed by atoms with van der Waals surface area (Å²) in [6, 6.07) is 3.17. The molecule has 0 aromatic carbocycles. The van der Waals surface area contributed by atoms with Crippen molar-refractivity contribution in [2.24, 2.45) is 0 Å². The van der Waals surface area contributed by atoms with Crippen molar-refractivity contribution >= 4 is 54.2 Å². The van der Waals surface area contributed by atoms with Gasteiger partial charge in [0.25, 0.3) is 0 Å². The van der Waals surface area contributed by atoms with Crippen molar-refractivity contribution in [1.82, 2.24) is 0 Å². The summed E-state index contributed by atoms with van der Waals surface area (Å²) in [6.07, 6.45) is 14.1. The van der Waals surface area contributed by atoms with Crippen LogP contribution >= 0.6 is 0 Å². The zero-order valence-electron chi connectivity index (χ0n) is 60.1. The molecule has 34 heteroatoms. The van der Waals surface area contributed by atoms with Gasteiger partial charge in [-0.2, -0.15) is 85.5 Å². The van der Waals surface area contributed by atoms with Crippen molar-refractivity contribution in [2.75, 3.05) is 41.2 Å². The first-order chi connectivity index (χ1) is 48.8. The fourth-order valence-corrected chi connectivity index (χ4v) is 13.8. The quantitative estimate of drug-likeness (QED) is 0.0290. The van der Waals surface area contributed by atoms with Gasteiger partial charge in [-0.25, -0.2) is 8.78 Å². The highest BCUT2D eigenvalue weighted by Crippen LogP contribution is 2.39. The van der Waals surface area contributed by atoms with Crippen LogP contribution in [0.1, 0.15) is 208 Å². The Bertz CT molecular complexity index is 2790. The summed E-state index contributed by atoms with van der Waals surface area (Å²) in [5.74, 6) is -11.4. The van der Waals surface area contributed by atoms with Crippen molar-refractivity contribution in [3.05, 3.63) is 61.4 Å². The van der Waals surface area contributed by atoms with Gasteiger partial charge in [0.1, 0.15) is 11.6 Å². The van der Waals surface area contributed by atoms with E-state index in [2.05, 4.69) is 50.6 Å². The third-order valence-electron chi connectivity index (χ3n) is 16.9. The van der Waals surface area contributed by atoms with E-state index < -0.39 is 90.1 Å². The van der Waals surface area contributed by atoms with Gasteiger partial charge in [-0.15, -0.1) is 19.7 Å². The number of carbonyl (C=O) groups is 3. The number of alkyl halides is 12. The lowest BCUT2D eigenvalue weighted by atomic mass is 9.95. The fraction of sp³-hybridized carbons (Fsp3) is 0.746. The molecule has 105 heavy (non-hydrogen) atoms. The molecule has 0 spiro atoms. The molecule has 5 unspecified atom stereocenters. The molecular weight excluding hydrogens is 1460 g/mol. The molecule has 0 aromatic heterocycles. The van der Waals surface area contributed by atoms with Crippen LogP contribution in [0.25, 0.3) is 0 Å². The minimum Gasteiger partial charge on any atom is -0.545 e. The number of rotatable bonds is 19. The van der Waals surface area contributed by atoms with Crippen LogP contribution in [0.5, 0.6) is 0 Å². The van der Waals surface area contributed by atoms with E-state index >= 15 is 0 Å². The molecule has 7 atom stereocenters. The van der Waals surface area contributed by atoms with Gasteiger partial charge in [0, 0.05) is 85.5 Å². The summed E-state index contributed by atoms with van der Waals surface area (Å²) in [5.41, 5.74) is -5.75. The van der Waals surface area contributed by atoms with E-state index in [0.717, 1.165) is 56.7 Å². The van der Waals surface area contributed by atoms with Crippen LogP contribution in [0.4, 0.5) is 57.1 Å². The summed E-state index contributed by atoms with van der Waals surface area (Å²) >= 11 is 0. The van der Waals surface area contributed by atoms with Crippen LogP contribution in [0.15, 0.2) is 61.4 Å². The molecule has 0 bridgehead atoms. The van der Waals surface area contributed by atoms with E-state index in [9.17, 15) is 79.9 Å². The van der Waals surface area contributed by atoms with Gasteiger partial charge in [0.15, 0.2) is 17.7 Å². The Morgan fingerprint density at radius 3 is 1.36 bits per heavy atom. The molecule has 19 nitrogen and oxygen atoms in total. The number of ether oxygens (including phenoxy) is 6. The summed E-state index contributed by atoms with van der Waals surface area (Å²) < 4.78 is 232. The van der Waals surface area contributed by atoms with E-state index in [0.29, 0.717) is 102 Å². The molecule has 0 aromatic rings. The standard InChI is InChI=1S/C17H31FO2Si.C11H16F2O2.C11H17FO2.C10H13F5O4S.C9H14F2O2.C9H12F2O.3CO2.CH4/c1-5-14-19-15-10-9-11-17(16(18)13-12-15)20-21(6-2,7-3)8-4;1-2-8-15-9-4-3-5-10(14)11(12,13)7-6-9;1-2-8-14-9-4-3-5-11(13)10(12)7-6-9;1-18-7-3-2-4-8(9(11,12)6-5-7)19-20(16,17)10(13,14)15;1-13-7-3-2-4-8(12)9(10,11)6-5-7;1-12-8-4-2-3-6-9(10,11)7-5-8;3*2-1-3;/h5,15H,1,6-14H2,2-4H3;2,9H,1,3-8H2;2,9-10H,1,3-8H2;4,7H,2-3,5-6H2,1H3;7H,2-6H2,1H3;8H,2,4-5,7H2,1H3;;;;1H4/b17-16-;;;8-4+;;;;;;/t;;9-,10+;;;;;;;/m..0......./s1. The maximum atomic E-state index is 14.4. The summed E-state index contributed by atoms with van der Waals surface area (Å²) in [4.78, 5) is 81.7. The van der Waals surface area contributed by atoms with Crippen LogP contribution in [0, 0.1) is 11.8 Å². The van der Waals surface area contributed by atoms with Crippen molar-refractivity contribution in [2.45, 2.75) is 298 Å². The highest BCUT2D eigenvalue weighted by atomic mass is 32.2. The highest BCUT2D eigenvalue weighted by Gasteiger charge is 2.52. The van der Waals surface area contributed by atoms with Crippen molar-refractivity contribution in [3.63, 3.8) is 0 Å². The number of methoxy groups -OCH3 is 3. The molecule has 0 saturated heterocycles. The smallest absolute Gasteiger partial charge is 0.534 e. The zero-order valence-corrected chi connectivity index (χ0v) is 61.9. The first-order valence-corrected chi connectivity index (χ1v) is 38.0. The largest absolute Gasteiger partial charge is 0.545 e. The summed E-state index contributed by atoms with van der Waals surface area (Å²) in [7, 11) is -3.45. The number of hydrogen-bond acceptors (Lipinski definition) is 19. The van der Waals surface area contributed by atoms with Crippen molar-refractivity contribution in [3.8, 4) is 11.8 Å². The third kappa shape index (κ3) is 47.4. The molecule has 0 radical (unpaired) electrons. The monoisotopic (exact) mass is 1570 g/mol. The molecular formula is C71H107F13O19SSi. The minimum atomic E-state index is -6.10. The lowest BCUT2D eigenvalue weighted by Crippen LogP contribution is -2.35. The van der Waals surface area contributed by atoms with E-state index in [1.165, 1.54) is 14.2 Å². The number of carbonyl (C=O) groups excluding carboxylic acids is 9. The average molecular weight is 1570 g/mol. The number of halogens is 13. The molecule has 0 heterocycles. The molecule has 606 valence electrons. The Balaban J connectivity index is -0.000000573. The zero-order chi connectivity index (χ0) is 80.1. The summed E-state index contributed by atoms with van der Waals surface area (Å²) in [5, 5.41) is 0. The van der Waals surface area contributed by atoms with Gasteiger partial charge in [0.2, 0.25) is 19.9 Å². The van der Waals surface area contributed by atoms with E-state index in [-0.39, 0.29) is 126 Å². The van der Waals surface area contributed by atoms with Crippen LogP contribution < -0.4 is 0 Å². The molecule has 6 aliphatic rings. The Hall–Kier alpha value is -5.97. The second-order valence-corrected chi connectivity index (χ2v) is 30.4. The average Bonchev–Trinajstić information content (AvgIpc) is 0.804. The van der Waals surface area contributed by atoms with Gasteiger partial charge in [0.05, 0.1) is 56.4 Å². The van der Waals surface area contributed by atoms with E-state index in [4.69, 9.17) is 61.6 Å². The Morgan fingerprint density at radius 2 is 0.924 bits per heavy atom. The first-order valence-electron chi connectivity index (χ1n) is 34.1. The maximum Gasteiger partial charge on any atom is 0.534 e. The number of allylic oxidation sites excluding steroid dienone is 4. The minimum absolute atomic E-state index is 0. The fourth-order valence-electron chi connectivity index (χ4n) is 10.6. The lowest BCUT2D eigenvalue weighted by molar-refractivity contribution is -0.193. The predicted octanol–water partition coefficient (Wildman–Crippen LogP) is 17.1. The molecule has 0 amide bonds. The highest BCUT2D eigenvalue weighted by molar-refractivity contribution is 7.87. The Kier molecular flexibility index (Phi) is 58.3. The number of Topliss-reactive ketones (excluding diaryl/α,β-unsaturated/α-hetero) is 3. The summed E-state index contributed by atoms with van der Waals surface area (Å²) in [6.45, 7) is 18.7. The van der Waals surface area contributed by atoms with Gasteiger partial charge >= 0.3 is 57.8 Å². The topological polar surface area (TPSA) is 262 Å². The normalized spacial score (nSPS) is 24.8. The second-order valence-electron chi connectivity index (χ2n) is 24.1. The number of hydrogen-bond donors (Lipinski definition) is 0. The van der Waals surface area contributed by atoms with Gasteiger partial charge in [-0.05, 0) is 146 Å². The predicted molar refractivity (Wildman–Crippen MR) is 361 cm³/mol. The molecule has 3 fully saturated rings. The maximum absolute atomic E-state index is 14.4. The molecule has 3 saturated carbocycles. The van der Waals surface area contributed by atoms with Crippen LogP contribution in [0.3, 0.4) is 0 Å². The van der Waals surface area contributed by atoms with Crippen molar-refractivity contribution in [1.29, 1.82) is 0 Å². The molecule has 0 N–H and O–H groups in total. The van der Waals surface area contributed by atoms with Gasteiger partial charge in [-0.1, -0.05) is 52.3 Å². The third-order valence-corrected chi connectivity index (χ3v) is 22.4. The van der Waals surface area contributed by atoms with E-state index in [1.807, 2.05) is 5.92 Å². The van der Waals surface area contributed by atoms with Crippen LogP contribution in [-0.2, 0) is 90.3 Å². The molecule has 6 rings (SSSR count). The Labute approximate surface area is 610 Å². The van der Waals surface area contributed by atoms with Gasteiger partial charge in [-0.3, -0.25) is 14.4 Å². The first kappa shape index (κ1) is 105. The van der Waals surface area contributed by atoms with Crippen molar-refractivity contribution < 1.29 is 146 Å². The lowest BCUT2D eigenvalue weighted by Gasteiger charge is -2.32. The molecule has 6 aliphatic carbocycles. The van der Waals surface area contributed by atoms with Crippen LogP contribution in [-0.4, -0.2) is 166 Å². The SMILES string of the molecule is C.C=CCOC1CCC/C(O[Si](CC)(CC)CC)=C(/F)CC1.C=CCOC1CCCC(=O)C(F)(F)CC1.C=CCO[C@H]1CCCC(=O)[C@H](F)CC1.COC1CC/C=C(/OS(=O)(=O)C(F)(F)F)C(F)(F)CC1.COC1CCC#CC(F)(F)CC1.COC1CCCC(=O)C(F)(F)CC1.O=C=O.O=C=O.O=C=O. The second kappa shape index (κ2) is 58.1. The van der Waals surface area contributed by atoms with Crippen LogP contribution in [0.2, 0.25) is 18.1 Å². The van der Waals surface area contributed by atoms with Gasteiger partial charge < -0.3 is 37.0 Å². The number of ketones is 3. The Morgan fingerprint density at radius 1 is 0.543 bits per heavy atom.